The summed E-state index contributed by atoms with van der Waals surface area (Å²) in [4.78, 5) is 50.3. The Bertz CT molecular complexity index is 2940. The van der Waals surface area contributed by atoms with Gasteiger partial charge in [-0.1, -0.05) is 58.4 Å². The van der Waals surface area contributed by atoms with Gasteiger partial charge in [0.25, 0.3) is 5.56 Å². The number of nitrogens with one attached hydrogen (secondary N) is 4. The minimum atomic E-state index is -0.573. The van der Waals surface area contributed by atoms with E-state index in [2.05, 4.69) is 46.8 Å². The Morgan fingerprint density at radius 2 is 1.65 bits per heavy atom. The summed E-state index contributed by atoms with van der Waals surface area (Å²) in [5.74, 6) is -1.45. The molecule has 0 spiro atoms. The van der Waals surface area contributed by atoms with E-state index in [1.165, 1.54) is 30.5 Å². The normalized spacial score (nSPS) is 12.4. The number of aromatic nitrogens is 4. The van der Waals surface area contributed by atoms with Crippen LogP contribution in [-0.2, 0) is 22.6 Å². The van der Waals surface area contributed by atoms with Crippen LogP contribution in [0.1, 0.15) is 63.5 Å². The van der Waals surface area contributed by atoms with Crippen molar-refractivity contribution in [1.29, 1.82) is 0 Å². The first-order valence-corrected chi connectivity index (χ1v) is 20.6. The van der Waals surface area contributed by atoms with E-state index in [9.17, 15) is 23.2 Å². The number of carbonyl (C=O) groups excluding carboxylic acids is 2. The zero-order valence-corrected chi connectivity index (χ0v) is 36.1. The van der Waals surface area contributed by atoms with Gasteiger partial charge in [0.2, 0.25) is 5.91 Å². The van der Waals surface area contributed by atoms with Crippen LogP contribution in [0.5, 0.6) is 0 Å². The monoisotopic (exact) mass is 903 g/mol. The number of hydrogen-bond donors (Lipinski definition) is 4. The molecule has 62 heavy (non-hydrogen) atoms. The summed E-state index contributed by atoms with van der Waals surface area (Å²) in [6.45, 7) is 9.12. The molecule has 0 saturated carbocycles. The highest BCUT2D eigenvalue weighted by molar-refractivity contribution is 9.10. The van der Waals surface area contributed by atoms with Crippen molar-refractivity contribution in [2.75, 3.05) is 5.32 Å². The SMILES string of the molecule is CC(Nc1cnc(-c2ccccc2F)n(CC(=O)NCc2cc3cnccc3[nH]2)c1=O)c1ccc2oc3c(F)cccc3c2c1.C[C@@H](NC(=O)OC(C)(C)C)c1cccc(Br)c1. The molecule has 318 valence electrons. The maximum absolute atomic E-state index is 14.9. The zero-order chi connectivity index (χ0) is 44.1. The number of halogens is 3. The van der Waals surface area contributed by atoms with E-state index in [1.807, 2.05) is 83.1 Å². The number of furan rings is 1. The quantitative estimate of drug-likeness (QED) is 0.106. The van der Waals surface area contributed by atoms with Crippen LogP contribution >= 0.6 is 15.9 Å². The topological polar surface area (TPSA) is 156 Å². The summed E-state index contributed by atoms with van der Waals surface area (Å²) in [6.07, 6.45) is 4.34. The molecule has 0 fully saturated rings. The molecule has 0 bridgehead atoms. The molecule has 4 aromatic carbocycles. The molecular formula is C47H44BrF2N7O5. The van der Waals surface area contributed by atoms with Crippen molar-refractivity contribution in [1.82, 2.24) is 30.2 Å². The number of carbonyl (C=O) groups is 2. The highest BCUT2D eigenvalue weighted by Gasteiger charge is 2.21. The van der Waals surface area contributed by atoms with E-state index in [-0.39, 0.29) is 47.8 Å². The van der Waals surface area contributed by atoms with Crippen molar-refractivity contribution in [3.63, 3.8) is 0 Å². The summed E-state index contributed by atoms with van der Waals surface area (Å²) in [5.41, 5.74) is 3.42. The summed E-state index contributed by atoms with van der Waals surface area (Å²) in [6, 6.07) is 27.2. The fourth-order valence-electron chi connectivity index (χ4n) is 6.83. The third-order valence-corrected chi connectivity index (χ3v) is 10.3. The van der Waals surface area contributed by atoms with Gasteiger partial charge in [0.05, 0.1) is 24.3 Å². The molecule has 8 aromatic rings. The molecule has 2 amide bonds. The number of rotatable bonds is 10. The van der Waals surface area contributed by atoms with Crippen molar-refractivity contribution >= 4 is 66.5 Å². The first-order chi connectivity index (χ1) is 29.6. The van der Waals surface area contributed by atoms with Crippen molar-refractivity contribution in [2.45, 2.75) is 65.4 Å². The van der Waals surface area contributed by atoms with E-state index in [4.69, 9.17) is 9.15 Å². The van der Waals surface area contributed by atoms with E-state index in [1.54, 1.807) is 36.7 Å². The van der Waals surface area contributed by atoms with Gasteiger partial charge in [-0.15, -0.1) is 0 Å². The van der Waals surface area contributed by atoms with E-state index < -0.39 is 34.8 Å². The summed E-state index contributed by atoms with van der Waals surface area (Å²) < 4.78 is 42.2. The number of hydrogen-bond acceptors (Lipinski definition) is 8. The van der Waals surface area contributed by atoms with Gasteiger partial charge in [0, 0.05) is 50.3 Å². The number of para-hydroxylation sites is 1. The van der Waals surface area contributed by atoms with Gasteiger partial charge in [0.15, 0.2) is 11.4 Å². The molecule has 0 saturated heterocycles. The second-order valence-electron chi connectivity index (χ2n) is 15.7. The highest BCUT2D eigenvalue weighted by atomic mass is 79.9. The van der Waals surface area contributed by atoms with E-state index in [0.717, 1.165) is 42.1 Å². The fraction of sp³-hybridized carbons (Fsp3) is 0.213. The van der Waals surface area contributed by atoms with Gasteiger partial charge in [-0.2, -0.15) is 0 Å². The van der Waals surface area contributed by atoms with Crippen LogP contribution in [0.3, 0.4) is 0 Å². The lowest BCUT2D eigenvalue weighted by Crippen LogP contribution is -2.34. The Morgan fingerprint density at radius 3 is 2.40 bits per heavy atom. The standard InChI is InChI=1S/C34H26F2N6O3.C13H18BrNO2/c1-19(20-9-10-30-25(14-20)23-6-4-8-27(36)32(23)45-30)40-29-17-39-33(24-5-2-3-7-26(24)35)42(34(29)44)18-31(43)38-16-22-13-21-15-37-12-11-28(21)41-22;1-9(10-6-5-7-11(14)8-10)15-12(16)17-13(2,3)4/h2-15,17,19,40-41H,16,18H2,1H3,(H,38,43);5-9H,1-4H3,(H,15,16)/t;9-/m.1/s1. The van der Waals surface area contributed by atoms with Crippen LogP contribution in [0.15, 0.2) is 129 Å². The van der Waals surface area contributed by atoms with E-state index >= 15 is 0 Å². The maximum atomic E-state index is 14.9. The molecule has 4 N–H and O–H groups in total. The van der Waals surface area contributed by atoms with Gasteiger partial charge in [0.1, 0.15) is 35.1 Å². The van der Waals surface area contributed by atoms with Crippen molar-refractivity contribution in [3.05, 3.63) is 159 Å². The number of benzene rings is 4. The Hall–Kier alpha value is -6.87. The Morgan fingerprint density at radius 1 is 0.887 bits per heavy atom. The van der Waals surface area contributed by atoms with Crippen LogP contribution in [0.4, 0.5) is 19.3 Å². The van der Waals surface area contributed by atoms with Crippen LogP contribution in [0.25, 0.3) is 44.2 Å². The Kier molecular flexibility index (Phi) is 12.8. The van der Waals surface area contributed by atoms with E-state index in [0.29, 0.717) is 11.0 Å². The van der Waals surface area contributed by atoms with Gasteiger partial charge < -0.3 is 30.1 Å². The number of ether oxygens (including phenoxy) is 1. The van der Waals surface area contributed by atoms with Gasteiger partial charge in [-0.25, -0.2) is 18.6 Å². The summed E-state index contributed by atoms with van der Waals surface area (Å²) in [7, 11) is 0. The fourth-order valence-corrected chi connectivity index (χ4v) is 7.24. The van der Waals surface area contributed by atoms with Gasteiger partial charge >= 0.3 is 6.09 Å². The minimum Gasteiger partial charge on any atom is -0.453 e. The number of fused-ring (bicyclic) bond motifs is 4. The molecule has 1 unspecified atom stereocenters. The molecule has 2 atom stereocenters. The molecule has 15 heteroatoms. The number of anilines is 1. The molecule has 0 aliphatic heterocycles. The highest BCUT2D eigenvalue weighted by Crippen LogP contribution is 2.33. The van der Waals surface area contributed by atoms with Crippen LogP contribution < -0.4 is 21.5 Å². The molecule has 0 aliphatic rings. The average molecular weight is 905 g/mol. The molecular weight excluding hydrogens is 860 g/mol. The number of alkyl carbamates (subject to hydrolysis) is 1. The lowest BCUT2D eigenvalue weighted by atomic mass is 10.0. The first-order valence-electron chi connectivity index (χ1n) is 19.8. The summed E-state index contributed by atoms with van der Waals surface area (Å²) >= 11 is 3.40. The Labute approximate surface area is 363 Å². The van der Waals surface area contributed by atoms with Crippen LogP contribution in [-0.4, -0.2) is 37.1 Å². The number of pyridine rings is 1. The zero-order valence-electron chi connectivity index (χ0n) is 34.6. The third kappa shape index (κ3) is 10.2. The Balaban J connectivity index is 0.000000287. The lowest BCUT2D eigenvalue weighted by Gasteiger charge is -2.22. The molecule has 12 nitrogen and oxygen atoms in total. The first kappa shape index (κ1) is 43.2. The van der Waals surface area contributed by atoms with Crippen molar-refractivity contribution in [3.8, 4) is 11.4 Å². The van der Waals surface area contributed by atoms with Crippen LogP contribution in [0, 0.1) is 11.6 Å². The molecule has 8 rings (SSSR count). The molecule has 0 aliphatic carbocycles. The van der Waals surface area contributed by atoms with Crippen LogP contribution in [0.2, 0.25) is 0 Å². The summed E-state index contributed by atoms with van der Waals surface area (Å²) in [5, 5.41) is 11.1. The van der Waals surface area contributed by atoms with Gasteiger partial charge in [-0.05, 0) is 100 Å². The maximum Gasteiger partial charge on any atom is 0.408 e. The third-order valence-electron chi connectivity index (χ3n) is 9.84. The van der Waals surface area contributed by atoms with Gasteiger partial charge in [-0.3, -0.25) is 19.1 Å². The second-order valence-corrected chi connectivity index (χ2v) is 16.6. The smallest absolute Gasteiger partial charge is 0.408 e. The van der Waals surface area contributed by atoms with Crippen molar-refractivity contribution in [2.24, 2.45) is 0 Å². The molecule has 4 aromatic heterocycles. The number of aromatic amines is 1. The number of nitrogens with zero attached hydrogens (tertiary/aromatic N) is 3. The van der Waals surface area contributed by atoms with Crippen molar-refractivity contribution < 1.29 is 27.5 Å². The average Bonchev–Trinajstić information content (AvgIpc) is 3.83. The minimum absolute atomic E-state index is 0.0245. The number of H-pyrrole nitrogens is 1. The molecule has 0 radical (unpaired) electrons. The second kappa shape index (κ2) is 18.4. The lowest BCUT2D eigenvalue weighted by molar-refractivity contribution is -0.121. The molecule has 4 heterocycles. The number of amides is 2. The predicted molar refractivity (Wildman–Crippen MR) is 239 cm³/mol. The predicted octanol–water partition coefficient (Wildman–Crippen LogP) is 10.5. The largest absolute Gasteiger partial charge is 0.453 e.